The van der Waals surface area contributed by atoms with Gasteiger partial charge in [0.15, 0.2) is 0 Å². The lowest BCUT2D eigenvalue weighted by Gasteiger charge is -2.07. The van der Waals surface area contributed by atoms with Crippen molar-refractivity contribution in [2.75, 3.05) is 6.61 Å². The van der Waals surface area contributed by atoms with Crippen LogP contribution in [0.5, 0.6) is 5.75 Å². The Balaban J connectivity index is 1.70. The van der Waals surface area contributed by atoms with E-state index in [2.05, 4.69) is 6.92 Å². The molecule has 0 bridgehead atoms. The molecule has 0 aliphatic heterocycles. The average Bonchev–Trinajstić information content (AvgIpc) is 2.58. The maximum Gasteiger partial charge on any atom is 0.513 e. The lowest BCUT2D eigenvalue weighted by molar-refractivity contribution is 0.100. The first-order valence-corrected chi connectivity index (χ1v) is 8.25. The molecular formula is C20H24O3. The van der Waals surface area contributed by atoms with Crippen LogP contribution in [0.15, 0.2) is 54.6 Å². The summed E-state index contributed by atoms with van der Waals surface area (Å²) in [5.41, 5.74) is 2.40. The minimum absolute atomic E-state index is 0.317. The molecule has 0 aliphatic rings. The minimum Gasteiger partial charge on any atom is -0.434 e. The van der Waals surface area contributed by atoms with Crippen molar-refractivity contribution in [2.45, 2.75) is 39.0 Å². The van der Waals surface area contributed by atoms with Gasteiger partial charge in [-0.15, -0.1) is 0 Å². The first-order chi connectivity index (χ1) is 11.3. The van der Waals surface area contributed by atoms with Gasteiger partial charge in [0.2, 0.25) is 0 Å². The fraction of sp³-hybridized carbons (Fsp3) is 0.350. The molecule has 0 saturated heterocycles. The summed E-state index contributed by atoms with van der Waals surface area (Å²) in [6.07, 6.45) is 4.75. The third-order valence-corrected chi connectivity index (χ3v) is 3.65. The van der Waals surface area contributed by atoms with Crippen molar-refractivity contribution in [1.82, 2.24) is 0 Å². The molecule has 0 heterocycles. The molecule has 0 fully saturated rings. The van der Waals surface area contributed by atoms with E-state index in [1.165, 1.54) is 24.8 Å². The van der Waals surface area contributed by atoms with Crippen molar-refractivity contribution in [3.63, 3.8) is 0 Å². The van der Waals surface area contributed by atoms with Crippen LogP contribution < -0.4 is 4.74 Å². The maximum atomic E-state index is 11.7. The number of hydrogen-bond acceptors (Lipinski definition) is 3. The molecule has 0 atom stereocenters. The summed E-state index contributed by atoms with van der Waals surface area (Å²) in [7, 11) is 0. The van der Waals surface area contributed by atoms with E-state index in [0.717, 1.165) is 12.0 Å². The van der Waals surface area contributed by atoms with Gasteiger partial charge in [-0.3, -0.25) is 0 Å². The summed E-state index contributed by atoms with van der Waals surface area (Å²) in [5, 5.41) is 0. The Kier molecular flexibility index (Phi) is 7.18. The molecule has 0 N–H and O–H groups in total. The normalized spacial score (nSPS) is 10.3. The van der Waals surface area contributed by atoms with Crippen molar-refractivity contribution in [2.24, 2.45) is 0 Å². The topological polar surface area (TPSA) is 35.5 Å². The highest BCUT2D eigenvalue weighted by molar-refractivity contribution is 5.63. The lowest BCUT2D eigenvalue weighted by atomic mass is 10.1. The standard InChI is InChI=1S/C20H24O3/c1-2-3-5-8-18-11-13-19(14-12-18)23-20(21)22-16-15-17-9-6-4-7-10-17/h4,6-7,9-14H,2-3,5,8,15-16H2,1H3. The highest BCUT2D eigenvalue weighted by Gasteiger charge is 2.06. The smallest absolute Gasteiger partial charge is 0.434 e. The molecule has 2 aromatic rings. The number of unbranched alkanes of at least 4 members (excludes halogenated alkanes) is 2. The van der Waals surface area contributed by atoms with E-state index in [0.29, 0.717) is 18.8 Å². The first-order valence-electron chi connectivity index (χ1n) is 8.25. The Morgan fingerprint density at radius 1 is 0.870 bits per heavy atom. The number of benzene rings is 2. The van der Waals surface area contributed by atoms with E-state index in [9.17, 15) is 4.79 Å². The van der Waals surface area contributed by atoms with Gasteiger partial charge in [-0.2, -0.15) is 0 Å². The van der Waals surface area contributed by atoms with E-state index in [4.69, 9.17) is 9.47 Å². The van der Waals surface area contributed by atoms with Crippen LogP contribution in [-0.2, 0) is 17.6 Å². The Bertz CT molecular complexity index is 576. The van der Waals surface area contributed by atoms with Gasteiger partial charge in [0.1, 0.15) is 5.75 Å². The van der Waals surface area contributed by atoms with Crippen molar-refractivity contribution in [3.05, 3.63) is 65.7 Å². The zero-order chi connectivity index (χ0) is 16.3. The first kappa shape index (κ1) is 17.1. The fourth-order valence-electron chi connectivity index (χ4n) is 2.33. The zero-order valence-electron chi connectivity index (χ0n) is 13.7. The van der Waals surface area contributed by atoms with Gasteiger partial charge in [0.25, 0.3) is 0 Å². The average molecular weight is 312 g/mol. The molecule has 0 radical (unpaired) electrons. The summed E-state index contributed by atoms with van der Waals surface area (Å²) < 4.78 is 10.3. The van der Waals surface area contributed by atoms with Gasteiger partial charge in [-0.05, 0) is 36.1 Å². The number of carbonyl (C=O) groups is 1. The van der Waals surface area contributed by atoms with Crippen LogP contribution in [0.25, 0.3) is 0 Å². The summed E-state index contributed by atoms with van der Waals surface area (Å²) >= 11 is 0. The van der Waals surface area contributed by atoms with Crippen molar-refractivity contribution < 1.29 is 14.3 Å². The number of carbonyl (C=O) groups excluding carboxylic acids is 1. The molecule has 0 saturated carbocycles. The second-order valence-electron chi connectivity index (χ2n) is 5.54. The molecule has 2 rings (SSSR count). The van der Waals surface area contributed by atoms with Crippen molar-refractivity contribution >= 4 is 6.16 Å². The monoisotopic (exact) mass is 312 g/mol. The van der Waals surface area contributed by atoms with Gasteiger partial charge < -0.3 is 9.47 Å². The van der Waals surface area contributed by atoms with Gasteiger partial charge in [0, 0.05) is 6.42 Å². The fourth-order valence-corrected chi connectivity index (χ4v) is 2.33. The van der Waals surface area contributed by atoms with Crippen LogP contribution in [-0.4, -0.2) is 12.8 Å². The van der Waals surface area contributed by atoms with E-state index in [1.54, 1.807) is 0 Å². The quantitative estimate of drug-likeness (QED) is 0.383. The highest BCUT2D eigenvalue weighted by Crippen LogP contribution is 2.15. The largest absolute Gasteiger partial charge is 0.513 e. The number of ether oxygens (including phenoxy) is 2. The second-order valence-corrected chi connectivity index (χ2v) is 5.54. The molecule has 0 aliphatic carbocycles. The van der Waals surface area contributed by atoms with E-state index >= 15 is 0 Å². The van der Waals surface area contributed by atoms with Crippen LogP contribution in [0.3, 0.4) is 0 Å². The van der Waals surface area contributed by atoms with Gasteiger partial charge >= 0.3 is 6.16 Å². The van der Waals surface area contributed by atoms with Crippen LogP contribution in [0.1, 0.15) is 37.3 Å². The summed E-state index contributed by atoms with van der Waals surface area (Å²) in [6.45, 7) is 2.51. The molecule has 0 aromatic heterocycles. The van der Waals surface area contributed by atoms with E-state index < -0.39 is 6.16 Å². The van der Waals surface area contributed by atoms with Crippen LogP contribution in [0, 0.1) is 0 Å². The Morgan fingerprint density at radius 2 is 1.57 bits per heavy atom. The maximum absolute atomic E-state index is 11.7. The Morgan fingerprint density at radius 3 is 2.26 bits per heavy atom. The summed E-state index contributed by atoms with van der Waals surface area (Å²) in [5.74, 6) is 0.522. The number of hydrogen-bond donors (Lipinski definition) is 0. The summed E-state index contributed by atoms with van der Waals surface area (Å²) in [4.78, 5) is 11.7. The molecule has 0 unspecified atom stereocenters. The van der Waals surface area contributed by atoms with Gasteiger partial charge in [0.05, 0.1) is 6.61 Å². The van der Waals surface area contributed by atoms with Crippen LogP contribution in [0.4, 0.5) is 4.79 Å². The summed E-state index contributed by atoms with van der Waals surface area (Å²) in [6, 6.07) is 17.6. The third-order valence-electron chi connectivity index (χ3n) is 3.65. The molecule has 3 nitrogen and oxygen atoms in total. The van der Waals surface area contributed by atoms with E-state index in [1.807, 2.05) is 54.6 Å². The predicted molar refractivity (Wildman–Crippen MR) is 91.8 cm³/mol. The third kappa shape index (κ3) is 6.55. The van der Waals surface area contributed by atoms with E-state index in [-0.39, 0.29) is 0 Å². The highest BCUT2D eigenvalue weighted by atomic mass is 16.7. The molecule has 0 amide bonds. The molecule has 23 heavy (non-hydrogen) atoms. The zero-order valence-corrected chi connectivity index (χ0v) is 13.7. The van der Waals surface area contributed by atoms with Crippen molar-refractivity contribution in [1.29, 1.82) is 0 Å². The van der Waals surface area contributed by atoms with Crippen LogP contribution >= 0.6 is 0 Å². The Hall–Kier alpha value is -2.29. The number of aryl methyl sites for hydroxylation is 1. The van der Waals surface area contributed by atoms with Gasteiger partial charge in [-0.25, -0.2) is 4.79 Å². The number of rotatable bonds is 8. The van der Waals surface area contributed by atoms with Crippen molar-refractivity contribution in [3.8, 4) is 5.75 Å². The molecular weight excluding hydrogens is 288 g/mol. The second kappa shape index (κ2) is 9.67. The predicted octanol–water partition coefficient (Wildman–Crippen LogP) is 5.18. The van der Waals surface area contributed by atoms with Gasteiger partial charge in [-0.1, -0.05) is 62.2 Å². The SMILES string of the molecule is CCCCCc1ccc(OC(=O)OCCc2ccccc2)cc1. The van der Waals surface area contributed by atoms with Crippen LogP contribution in [0.2, 0.25) is 0 Å². The molecule has 0 spiro atoms. The molecule has 2 aromatic carbocycles. The molecule has 3 heteroatoms. The lowest BCUT2D eigenvalue weighted by Crippen LogP contribution is -2.12. The Labute approximate surface area is 138 Å². The molecule has 122 valence electrons. The minimum atomic E-state index is -0.653.